The van der Waals surface area contributed by atoms with E-state index in [9.17, 15) is 9.59 Å². The molecule has 0 heterocycles. The predicted octanol–water partition coefficient (Wildman–Crippen LogP) is 2.84. The van der Waals surface area contributed by atoms with Crippen LogP contribution >= 0.6 is 0 Å². The van der Waals surface area contributed by atoms with Gasteiger partial charge in [-0.3, -0.25) is 4.79 Å². The summed E-state index contributed by atoms with van der Waals surface area (Å²) in [6.07, 6.45) is 0.769. The Kier molecular flexibility index (Phi) is 7.63. The third-order valence-corrected chi connectivity index (χ3v) is 3.73. The molecule has 0 aliphatic heterocycles. The highest BCUT2D eigenvalue weighted by atomic mass is 16.5. The molecule has 2 aromatic carbocycles. The van der Waals surface area contributed by atoms with Crippen LogP contribution < -0.4 is 14.4 Å². The number of carbonyl (C=O) groups excluding carboxylic acids is 1. The SMILES string of the molecule is COCCCOc1cccc(C(=O)N(C)c2ccc(OCC(=O)O)cc2)c1. The van der Waals surface area contributed by atoms with Crippen LogP contribution in [0.3, 0.4) is 0 Å². The summed E-state index contributed by atoms with van der Waals surface area (Å²) in [5, 5.41) is 8.63. The molecular formula is C20H23NO6. The number of amides is 1. The van der Waals surface area contributed by atoms with E-state index in [2.05, 4.69) is 0 Å². The van der Waals surface area contributed by atoms with Crippen LogP contribution in [0, 0.1) is 0 Å². The molecule has 144 valence electrons. The Morgan fingerprint density at radius 3 is 2.41 bits per heavy atom. The zero-order chi connectivity index (χ0) is 19.6. The van der Waals surface area contributed by atoms with Gasteiger partial charge in [0, 0.05) is 38.4 Å². The lowest BCUT2D eigenvalue weighted by Gasteiger charge is -2.18. The molecule has 2 aromatic rings. The van der Waals surface area contributed by atoms with E-state index in [-0.39, 0.29) is 5.91 Å². The highest BCUT2D eigenvalue weighted by Gasteiger charge is 2.14. The topological polar surface area (TPSA) is 85.3 Å². The van der Waals surface area contributed by atoms with Crippen LogP contribution in [0.15, 0.2) is 48.5 Å². The summed E-state index contributed by atoms with van der Waals surface area (Å²) < 4.78 is 15.7. The van der Waals surface area contributed by atoms with E-state index in [0.717, 1.165) is 6.42 Å². The van der Waals surface area contributed by atoms with Crippen LogP contribution in [0.1, 0.15) is 16.8 Å². The monoisotopic (exact) mass is 373 g/mol. The first kappa shape index (κ1) is 20.3. The third kappa shape index (κ3) is 6.31. The number of benzene rings is 2. The fraction of sp³-hybridized carbons (Fsp3) is 0.300. The van der Waals surface area contributed by atoms with Crippen molar-refractivity contribution in [3.63, 3.8) is 0 Å². The van der Waals surface area contributed by atoms with E-state index < -0.39 is 12.6 Å². The van der Waals surface area contributed by atoms with Crippen LogP contribution in [-0.4, -0.2) is 51.0 Å². The molecule has 7 heteroatoms. The molecule has 0 unspecified atom stereocenters. The molecule has 0 spiro atoms. The highest BCUT2D eigenvalue weighted by Crippen LogP contribution is 2.21. The van der Waals surface area contributed by atoms with Gasteiger partial charge in [-0.15, -0.1) is 0 Å². The Hall–Kier alpha value is -3.06. The minimum atomic E-state index is -1.05. The normalized spacial score (nSPS) is 10.3. The Bertz CT molecular complexity index is 759. The second-order valence-corrected chi connectivity index (χ2v) is 5.76. The first-order valence-corrected chi connectivity index (χ1v) is 8.46. The summed E-state index contributed by atoms with van der Waals surface area (Å²) in [6, 6.07) is 13.6. The molecule has 1 N–H and O–H groups in total. The van der Waals surface area contributed by atoms with Crippen molar-refractivity contribution >= 4 is 17.6 Å². The van der Waals surface area contributed by atoms with Crippen molar-refractivity contribution in [2.24, 2.45) is 0 Å². The van der Waals surface area contributed by atoms with Gasteiger partial charge < -0.3 is 24.2 Å². The first-order chi connectivity index (χ1) is 13.0. The number of carboxylic acids is 1. The lowest BCUT2D eigenvalue weighted by Crippen LogP contribution is -2.26. The predicted molar refractivity (Wildman–Crippen MR) is 101 cm³/mol. The van der Waals surface area contributed by atoms with Crippen molar-refractivity contribution in [2.75, 3.05) is 38.9 Å². The van der Waals surface area contributed by atoms with E-state index in [1.165, 1.54) is 4.90 Å². The molecule has 0 saturated heterocycles. The van der Waals surface area contributed by atoms with Crippen LogP contribution in [0.25, 0.3) is 0 Å². The van der Waals surface area contributed by atoms with Gasteiger partial charge in [0.2, 0.25) is 0 Å². The summed E-state index contributed by atoms with van der Waals surface area (Å²) >= 11 is 0. The molecule has 0 atom stereocenters. The number of ether oxygens (including phenoxy) is 3. The Morgan fingerprint density at radius 2 is 1.74 bits per heavy atom. The Balaban J connectivity index is 2.00. The lowest BCUT2D eigenvalue weighted by atomic mass is 10.1. The van der Waals surface area contributed by atoms with Crippen molar-refractivity contribution < 1.29 is 28.9 Å². The molecule has 7 nitrogen and oxygen atoms in total. The molecule has 0 radical (unpaired) electrons. The first-order valence-electron chi connectivity index (χ1n) is 8.46. The summed E-state index contributed by atoms with van der Waals surface area (Å²) in [4.78, 5) is 24.7. The van der Waals surface area contributed by atoms with E-state index in [0.29, 0.717) is 36.0 Å². The molecule has 0 bridgehead atoms. The van der Waals surface area contributed by atoms with Gasteiger partial charge in [0.05, 0.1) is 6.61 Å². The Morgan fingerprint density at radius 1 is 1.00 bits per heavy atom. The van der Waals surface area contributed by atoms with Gasteiger partial charge in [0.1, 0.15) is 11.5 Å². The third-order valence-electron chi connectivity index (χ3n) is 3.73. The molecule has 0 aliphatic rings. The molecule has 0 fully saturated rings. The second-order valence-electron chi connectivity index (χ2n) is 5.76. The van der Waals surface area contributed by atoms with Gasteiger partial charge in [-0.1, -0.05) is 6.07 Å². The van der Waals surface area contributed by atoms with Gasteiger partial charge in [-0.2, -0.15) is 0 Å². The number of carbonyl (C=O) groups is 2. The van der Waals surface area contributed by atoms with Crippen molar-refractivity contribution in [1.29, 1.82) is 0 Å². The standard InChI is InChI=1S/C20H23NO6/c1-21(16-7-9-17(10-8-16)27-14-19(22)23)20(24)15-5-3-6-18(13-15)26-12-4-11-25-2/h3,5-10,13H,4,11-12,14H2,1-2H3,(H,22,23). The van der Waals surface area contributed by atoms with Crippen LogP contribution in [-0.2, 0) is 9.53 Å². The fourth-order valence-electron chi connectivity index (χ4n) is 2.33. The molecule has 0 aliphatic carbocycles. The summed E-state index contributed by atoms with van der Waals surface area (Å²) in [5.74, 6) is -0.177. The molecule has 1 amide bonds. The number of aliphatic carboxylic acids is 1. The minimum Gasteiger partial charge on any atom is -0.493 e. The zero-order valence-electron chi connectivity index (χ0n) is 15.4. The van der Waals surface area contributed by atoms with Gasteiger partial charge in [-0.05, 0) is 42.5 Å². The number of rotatable bonds is 10. The smallest absolute Gasteiger partial charge is 0.341 e. The molecular weight excluding hydrogens is 350 g/mol. The van der Waals surface area contributed by atoms with Crippen molar-refractivity contribution in [1.82, 2.24) is 0 Å². The summed E-state index contributed by atoms with van der Waals surface area (Å²) in [5.41, 5.74) is 1.17. The number of anilines is 1. The zero-order valence-corrected chi connectivity index (χ0v) is 15.4. The van der Waals surface area contributed by atoms with Gasteiger partial charge in [0.25, 0.3) is 5.91 Å². The van der Waals surface area contributed by atoms with E-state index in [1.54, 1.807) is 62.7 Å². The molecule has 0 saturated carbocycles. The van der Waals surface area contributed by atoms with Crippen LogP contribution in [0.2, 0.25) is 0 Å². The van der Waals surface area contributed by atoms with Crippen molar-refractivity contribution in [3.8, 4) is 11.5 Å². The van der Waals surface area contributed by atoms with Crippen LogP contribution in [0.4, 0.5) is 5.69 Å². The lowest BCUT2D eigenvalue weighted by molar-refractivity contribution is -0.139. The van der Waals surface area contributed by atoms with Gasteiger partial charge in [0.15, 0.2) is 6.61 Å². The van der Waals surface area contributed by atoms with Gasteiger partial charge in [-0.25, -0.2) is 4.79 Å². The van der Waals surface area contributed by atoms with E-state index >= 15 is 0 Å². The quantitative estimate of drug-likeness (QED) is 0.645. The number of carboxylic acid groups (broad SMARTS) is 1. The van der Waals surface area contributed by atoms with Crippen LogP contribution in [0.5, 0.6) is 11.5 Å². The summed E-state index contributed by atoms with van der Waals surface area (Å²) in [7, 11) is 3.31. The summed E-state index contributed by atoms with van der Waals surface area (Å²) in [6.45, 7) is 0.720. The maximum absolute atomic E-state index is 12.7. The van der Waals surface area contributed by atoms with Crippen molar-refractivity contribution in [3.05, 3.63) is 54.1 Å². The maximum Gasteiger partial charge on any atom is 0.341 e. The number of methoxy groups -OCH3 is 1. The fourth-order valence-corrected chi connectivity index (χ4v) is 2.33. The average Bonchev–Trinajstić information content (AvgIpc) is 2.69. The average molecular weight is 373 g/mol. The molecule has 2 rings (SSSR count). The minimum absolute atomic E-state index is 0.184. The van der Waals surface area contributed by atoms with E-state index in [4.69, 9.17) is 19.3 Å². The van der Waals surface area contributed by atoms with Crippen molar-refractivity contribution in [2.45, 2.75) is 6.42 Å². The number of hydrogen-bond donors (Lipinski definition) is 1. The Labute approximate surface area is 158 Å². The largest absolute Gasteiger partial charge is 0.493 e. The second kappa shape index (κ2) is 10.2. The number of hydrogen-bond acceptors (Lipinski definition) is 5. The molecule has 27 heavy (non-hydrogen) atoms. The van der Waals surface area contributed by atoms with E-state index in [1.807, 2.05) is 0 Å². The van der Waals surface area contributed by atoms with Gasteiger partial charge >= 0.3 is 5.97 Å². The maximum atomic E-state index is 12.7. The highest BCUT2D eigenvalue weighted by molar-refractivity contribution is 6.05. The number of nitrogens with zero attached hydrogens (tertiary/aromatic N) is 1. The molecule has 0 aromatic heterocycles.